The number of hydrogen-bond acceptors (Lipinski definition) is 4. The molecule has 0 radical (unpaired) electrons. The van der Waals surface area contributed by atoms with Crippen LogP contribution in [0.5, 0.6) is 0 Å². The van der Waals surface area contributed by atoms with Gasteiger partial charge in [0.15, 0.2) is 5.69 Å². The van der Waals surface area contributed by atoms with Crippen LogP contribution < -0.4 is 10.6 Å². The Kier molecular flexibility index (Phi) is 6.52. The molecule has 7 nitrogen and oxygen atoms in total. The molecule has 0 spiro atoms. The van der Waals surface area contributed by atoms with Crippen LogP contribution >= 0.6 is 11.6 Å². The Labute approximate surface area is 200 Å². The number of pyridine rings is 1. The number of aromatic nitrogens is 3. The van der Waals surface area contributed by atoms with Crippen molar-refractivity contribution in [1.82, 2.24) is 15.0 Å². The molecule has 4 aromatic rings. The summed E-state index contributed by atoms with van der Waals surface area (Å²) < 4.78 is 53.1. The number of aromatic amines is 1. The smallest absolute Gasteiger partial charge is 0.334 e. The van der Waals surface area contributed by atoms with E-state index in [2.05, 4.69) is 25.6 Å². The number of rotatable bonds is 5. The number of alkyl halides is 3. The third-order valence-corrected chi connectivity index (χ3v) is 5.06. The second-order valence-corrected chi connectivity index (χ2v) is 7.56. The molecule has 0 atom stereocenters. The molecule has 0 aliphatic heterocycles. The van der Waals surface area contributed by atoms with Crippen molar-refractivity contribution < 1.29 is 27.2 Å². The van der Waals surface area contributed by atoms with Crippen molar-refractivity contribution in [2.75, 3.05) is 10.6 Å². The molecule has 0 saturated heterocycles. The predicted octanol–water partition coefficient (Wildman–Crippen LogP) is 5.79. The van der Waals surface area contributed by atoms with Gasteiger partial charge in [-0.15, -0.1) is 0 Å². The van der Waals surface area contributed by atoms with Gasteiger partial charge in [-0.1, -0.05) is 11.6 Å². The molecule has 0 unspecified atom stereocenters. The van der Waals surface area contributed by atoms with Gasteiger partial charge in [0.05, 0.1) is 16.3 Å². The van der Waals surface area contributed by atoms with E-state index in [0.29, 0.717) is 5.69 Å². The Morgan fingerprint density at radius 1 is 0.886 bits per heavy atom. The quantitative estimate of drug-likeness (QED) is 0.300. The standard InChI is InChI=1S/C23H14ClF4N5O2/c24-17-6-5-15(11-16(17)20(34)30-14-7-9-29-10-8-14)31-21(35)19-18(12-1-3-13(25)4-2-12)32-22(33-19)23(26,27)28/h1-11H,(H,31,35)(H,32,33)(H,29,30,34). The normalized spacial score (nSPS) is 11.2. The lowest BCUT2D eigenvalue weighted by Gasteiger charge is -2.10. The van der Waals surface area contributed by atoms with Crippen LogP contribution in [0.3, 0.4) is 0 Å². The molecular formula is C23H14ClF4N5O2. The molecule has 2 aromatic carbocycles. The summed E-state index contributed by atoms with van der Waals surface area (Å²) in [6.45, 7) is 0. The summed E-state index contributed by atoms with van der Waals surface area (Å²) in [5.74, 6) is -3.56. The lowest BCUT2D eigenvalue weighted by Crippen LogP contribution is -2.16. The maximum atomic E-state index is 13.3. The van der Waals surface area contributed by atoms with E-state index in [0.717, 1.165) is 12.1 Å². The highest BCUT2D eigenvalue weighted by molar-refractivity contribution is 6.34. The van der Waals surface area contributed by atoms with Crippen LogP contribution in [0, 0.1) is 5.82 Å². The molecule has 2 aromatic heterocycles. The number of benzene rings is 2. The van der Waals surface area contributed by atoms with Gasteiger partial charge in [0.2, 0.25) is 5.82 Å². The first-order valence-corrected chi connectivity index (χ1v) is 10.2. The summed E-state index contributed by atoms with van der Waals surface area (Å²) >= 11 is 6.12. The molecule has 4 rings (SSSR count). The molecule has 3 N–H and O–H groups in total. The van der Waals surface area contributed by atoms with E-state index in [-0.39, 0.29) is 27.5 Å². The van der Waals surface area contributed by atoms with E-state index < -0.39 is 35.3 Å². The molecule has 0 bridgehead atoms. The van der Waals surface area contributed by atoms with Gasteiger partial charge in [0.25, 0.3) is 11.8 Å². The van der Waals surface area contributed by atoms with Gasteiger partial charge >= 0.3 is 6.18 Å². The summed E-state index contributed by atoms with van der Waals surface area (Å²) in [6.07, 6.45) is -1.90. The van der Waals surface area contributed by atoms with Crippen molar-refractivity contribution in [1.29, 1.82) is 0 Å². The molecule has 0 aliphatic carbocycles. The van der Waals surface area contributed by atoms with Gasteiger partial charge in [-0.25, -0.2) is 9.37 Å². The van der Waals surface area contributed by atoms with Gasteiger partial charge < -0.3 is 15.6 Å². The van der Waals surface area contributed by atoms with Crippen molar-refractivity contribution in [3.63, 3.8) is 0 Å². The molecule has 0 saturated carbocycles. The molecule has 2 amide bonds. The molecule has 35 heavy (non-hydrogen) atoms. The number of halogens is 5. The average molecular weight is 504 g/mol. The summed E-state index contributed by atoms with van der Waals surface area (Å²) in [4.78, 5) is 34.9. The van der Waals surface area contributed by atoms with Crippen LogP contribution in [-0.4, -0.2) is 26.8 Å². The van der Waals surface area contributed by atoms with Crippen molar-refractivity contribution in [3.8, 4) is 11.3 Å². The van der Waals surface area contributed by atoms with Crippen LogP contribution in [0.15, 0.2) is 67.0 Å². The molecule has 12 heteroatoms. The van der Waals surface area contributed by atoms with Crippen molar-refractivity contribution in [3.05, 3.63) is 94.9 Å². The monoisotopic (exact) mass is 503 g/mol. The highest BCUT2D eigenvalue weighted by atomic mass is 35.5. The lowest BCUT2D eigenvalue weighted by atomic mass is 10.1. The number of nitrogens with zero attached hydrogens (tertiary/aromatic N) is 2. The number of hydrogen-bond donors (Lipinski definition) is 3. The van der Waals surface area contributed by atoms with Crippen LogP contribution in [0.25, 0.3) is 11.3 Å². The third kappa shape index (κ3) is 5.46. The van der Waals surface area contributed by atoms with Gasteiger partial charge in [0.1, 0.15) is 5.82 Å². The lowest BCUT2D eigenvalue weighted by molar-refractivity contribution is -0.144. The Morgan fingerprint density at radius 3 is 2.20 bits per heavy atom. The highest BCUT2D eigenvalue weighted by Crippen LogP contribution is 2.32. The van der Waals surface area contributed by atoms with Crippen molar-refractivity contribution in [2.24, 2.45) is 0 Å². The second kappa shape index (κ2) is 9.55. The molecular weight excluding hydrogens is 490 g/mol. The Morgan fingerprint density at radius 2 is 1.54 bits per heavy atom. The number of H-pyrrole nitrogens is 1. The van der Waals surface area contributed by atoms with Crippen LogP contribution in [0.4, 0.5) is 28.9 Å². The minimum atomic E-state index is -4.86. The number of carbonyl (C=O) groups excluding carboxylic acids is 2. The van der Waals surface area contributed by atoms with E-state index in [1.54, 1.807) is 12.1 Å². The maximum absolute atomic E-state index is 13.3. The van der Waals surface area contributed by atoms with Gasteiger partial charge in [-0.3, -0.25) is 14.6 Å². The number of nitrogens with one attached hydrogen (secondary N) is 3. The number of imidazole rings is 1. The zero-order chi connectivity index (χ0) is 25.2. The topological polar surface area (TPSA) is 99.8 Å². The SMILES string of the molecule is O=C(Nc1ccncc1)c1cc(NC(=O)c2nc(C(F)(F)F)[nH]c2-c2ccc(F)cc2)ccc1Cl. The number of amides is 2. The van der Waals surface area contributed by atoms with Crippen molar-refractivity contribution >= 4 is 34.8 Å². The molecule has 178 valence electrons. The average Bonchev–Trinajstić information content (AvgIpc) is 3.28. The molecule has 0 aliphatic rings. The third-order valence-electron chi connectivity index (χ3n) is 4.73. The zero-order valence-corrected chi connectivity index (χ0v) is 18.2. The van der Waals surface area contributed by atoms with E-state index in [9.17, 15) is 27.2 Å². The fraction of sp³-hybridized carbons (Fsp3) is 0.0435. The Hall–Kier alpha value is -4.25. The van der Waals surface area contributed by atoms with Gasteiger partial charge in [0, 0.05) is 29.3 Å². The minimum absolute atomic E-state index is 0.0121. The van der Waals surface area contributed by atoms with E-state index in [1.807, 2.05) is 0 Å². The fourth-order valence-electron chi connectivity index (χ4n) is 3.10. The van der Waals surface area contributed by atoms with Gasteiger partial charge in [-0.05, 0) is 54.6 Å². The molecule has 2 heterocycles. The van der Waals surface area contributed by atoms with E-state index in [1.165, 1.54) is 42.7 Å². The number of carbonyl (C=O) groups is 2. The predicted molar refractivity (Wildman–Crippen MR) is 121 cm³/mol. The second-order valence-electron chi connectivity index (χ2n) is 7.15. The number of anilines is 2. The minimum Gasteiger partial charge on any atom is -0.334 e. The molecule has 0 fully saturated rings. The highest BCUT2D eigenvalue weighted by Gasteiger charge is 2.37. The first-order valence-electron chi connectivity index (χ1n) is 9.87. The zero-order valence-electron chi connectivity index (χ0n) is 17.5. The summed E-state index contributed by atoms with van der Waals surface area (Å²) in [5.41, 5.74) is -0.149. The van der Waals surface area contributed by atoms with Crippen LogP contribution in [0.1, 0.15) is 26.7 Å². The van der Waals surface area contributed by atoms with Gasteiger partial charge in [-0.2, -0.15) is 13.2 Å². The summed E-state index contributed by atoms with van der Waals surface area (Å²) in [7, 11) is 0. The first kappa shape index (κ1) is 23.9. The fourth-order valence-corrected chi connectivity index (χ4v) is 3.30. The largest absolute Gasteiger partial charge is 0.449 e. The Balaban J connectivity index is 1.63. The van der Waals surface area contributed by atoms with Crippen LogP contribution in [0.2, 0.25) is 5.02 Å². The van der Waals surface area contributed by atoms with Crippen LogP contribution in [-0.2, 0) is 6.18 Å². The summed E-state index contributed by atoms with van der Waals surface area (Å²) in [6, 6.07) is 11.6. The summed E-state index contributed by atoms with van der Waals surface area (Å²) in [5, 5.41) is 5.12. The Bertz CT molecular complexity index is 1390. The van der Waals surface area contributed by atoms with E-state index in [4.69, 9.17) is 11.6 Å². The van der Waals surface area contributed by atoms with Crippen molar-refractivity contribution in [2.45, 2.75) is 6.18 Å². The maximum Gasteiger partial charge on any atom is 0.449 e. The van der Waals surface area contributed by atoms with E-state index >= 15 is 0 Å². The first-order chi connectivity index (χ1) is 16.6.